The van der Waals surface area contributed by atoms with Crippen molar-refractivity contribution < 1.29 is 32.3 Å². The number of aromatic nitrogens is 1. The maximum Gasteiger partial charge on any atom is 0.417 e. The van der Waals surface area contributed by atoms with E-state index in [2.05, 4.69) is 10.3 Å². The van der Waals surface area contributed by atoms with Gasteiger partial charge in [0.2, 0.25) is 0 Å². The topological polar surface area (TPSA) is 82.5 Å². The lowest BCUT2D eigenvalue weighted by Gasteiger charge is -2.30. The second-order valence-electron chi connectivity index (χ2n) is 8.69. The molecule has 3 aromatic rings. The van der Waals surface area contributed by atoms with Crippen LogP contribution in [0, 0.1) is 18.7 Å². The summed E-state index contributed by atoms with van der Waals surface area (Å²) in [5, 5.41) is 12.3. The second kappa shape index (κ2) is 12.3. The van der Waals surface area contributed by atoms with Crippen LogP contribution in [-0.2, 0) is 11.0 Å². The number of carboxylic acid groups (broad SMARTS) is 1. The lowest BCUT2D eigenvalue weighted by Crippen LogP contribution is -2.40. The van der Waals surface area contributed by atoms with Crippen molar-refractivity contribution in [1.29, 1.82) is 0 Å². The zero-order valence-corrected chi connectivity index (χ0v) is 21.4. The van der Waals surface area contributed by atoms with Crippen molar-refractivity contribution in [3.63, 3.8) is 0 Å². The molecule has 0 aliphatic carbocycles. The summed E-state index contributed by atoms with van der Waals surface area (Å²) in [6.07, 6.45) is -2.73. The quantitative estimate of drug-likeness (QED) is 0.360. The van der Waals surface area contributed by atoms with Crippen LogP contribution in [-0.4, -0.2) is 47.0 Å². The molecule has 1 fully saturated rings. The number of carbonyl (C=O) groups is 2. The molecule has 38 heavy (non-hydrogen) atoms. The predicted molar refractivity (Wildman–Crippen MR) is 137 cm³/mol. The van der Waals surface area contributed by atoms with Gasteiger partial charge in [0.25, 0.3) is 5.91 Å². The smallest absolute Gasteiger partial charge is 0.417 e. The summed E-state index contributed by atoms with van der Waals surface area (Å²) in [4.78, 5) is 29.2. The van der Waals surface area contributed by atoms with Crippen LogP contribution in [0.4, 0.5) is 23.4 Å². The van der Waals surface area contributed by atoms with Gasteiger partial charge in [0.05, 0.1) is 11.5 Å². The van der Waals surface area contributed by atoms with Gasteiger partial charge >= 0.3 is 12.1 Å². The first-order valence-corrected chi connectivity index (χ1v) is 12.1. The van der Waals surface area contributed by atoms with Crippen LogP contribution in [0.15, 0.2) is 54.7 Å². The molecule has 0 saturated carbocycles. The van der Waals surface area contributed by atoms with Crippen molar-refractivity contribution in [2.24, 2.45) is 5.92 Å². The summed E-state index contributed by atoms with van der Waals surface area (Å²) in [7, 11) is 1.66. The normalized spacial score (nSPS) is 13.9. The molecule has 2 N–H and O–H groups in total. The van der Waals surface area contributed by atoms with Gasteiger partial charge < -0.3 is 15.3 Å². The van der Waals surface area contributed by atoms with Crippen LogP contribution in [0.5, 0.6) is 0 Å². The first kappa shape index (κ1) is 28.9. The second-order valence-corrected chi connectivity index (χ2v) is 9.10. The molecule has 202 valence electrons. The largest absolute Gasteiger partial charge is 0.481 e. The molecule has 4 rings (SSSR count). The Kier molecular flexibility index (Phi) is 9.32. The zero-order chi connectivity index (χ0) is 28.0. The van der Waals surface area contributed by atoms with Crippen LogP contribution in [0.25, 0.3) is 11.1 Å². The van der Waals surface area contributed by atoms with E-state index in [-0.39, 0.29) is 48.4 Å². The summed E-state index contributed by atoms with van der Waals surface area (Å²) >= 11 is 5.57. The number of amides is 1. The first-order valence-electron chi connectivity index (χ1n) is 11.7. The highest BCUT2D eigenvalue weighted by molar-refractivity contribution is 6.31. The average Bonchev–Trinajstić information content (AvgIpc) is 2.91. The Morgan fingerprint density at radius 3 is 2.29 bits per heavy atom. The van der Waals surface area contributed by atoms with Crippen LogP contribution in [0.3, 0.4) is 0 Å². The third-order valence-electron chi connectivity index (χ3n) is 6.24. The molecule has 1 saturated heterocycles. The molecule has 2 heterocycles. The summed E-state index contributed by atoms with van der Waals surface area (Å²) < 4.78 is 53.5. The molecule has 0 spiro atoms. The van der Waals surface area contributed by atoms with E-state index in [1.165, 1.54) is 35.4 Å². The van der Waals surface area contributed by atoms with E-state index < -0.39 is 29.5 Å². The molecular weight excluding hydrogens is 526 g/mol. The molecule has 0 radical (unpaired) electrons. The predicted octanol–water partition coefficient (Wildman–Crippen LogP) is 6.53. The monoisotopic (exact) mass is 551 g/mol. The van der Waals surface area contributed by atoms with Gasteiger partial charge in [0.1, 0.15) is 11.6 Å². The van der Waals surface area contributed by atoms with E-state index in [0.29, 0.717) is 16.4 Å². The number of carbonyl (C=O) groups excluding carboxylic acids is 1. The van der Waals surface area contributed by atoms with Crippen molar-refractivity contribution >= 4 is 29.3 Å². The number of nitrogens with one attached hydrogen (secondary N) is 1. The number of hydrogen-bond donors (Lipinski definition) is 2. The van der Waals surface area contributed by atoms with Crippen LogP contribution >= 0.6 is 11.6 Å². The molecule has 0 unspecified atom stereocenters. The van der Waals surface area contributed by atoms with E-state index in [4.69, 9.17) is 16.7 Å². The zero-order valence-electron chi connectivity index (χ0n) is 20.6. The maximum atomic E-state index is 13.7. The number of piperidine rings is 1. The Balaban J connectivity index is 0.000000375. The first-order chi connectivity index (χ1) is 17.9. The molecule has 1 aliphatic rings. The Labute approximate surface area is 222 Å². The standard InChI is InChI=1S/C20H20F3N3O3.C7H6ClF/c1-24-17-5-3-14(11-25-17)15-4-2-13(10-16(15)20(21,22)23)18(27)26-8-6-12(7-9-26)19(28)29;1-5-6(8)3-2-4-7(5)9/h2-5,10-12H,6-9H2,1H3,(H,24,25)(H,28,29);2-4H,1H3. The number of anilines is 1. The number of hydrogen-bond acceptors (Lipinski definition) is 4. The van der Waals surface area contributed by atoms with Crippen molar-refractivity contribution in [3.8, 4) is 11.1 Å². The third kappa shape index (κ3) is 7.00. The molecule has 1 aromatic heterocycles. The molecular formula is C27H26ClF4N3O3. The third-order valence-corrected chi connectivity index (χ3v) is 6.65. The van der Waals surface area contributed by atoms with E-state index in [1.54, 1.807) is 32.2 Å². The molecule has 2 aromatic carbocycles. The molecule has 6 nitrogen and oxygen atoms in total. The minimum Gasteiger partial charge on any atom is -0.481 e. The fourth-order valence-electron chi connectivity index (χ4n) is 3.96. The van der Waals surface area contributed by atoms with Crippen LogP contribution in [0.1, 0.15) is 34.3 Å². The Hall–Kier alpha value is -3.66. The van der Waals surface area contributed by atoms with Gasteiger partial charge in [0.15, 0.2) is 0 Å². The minimum absolute atomic E-state index is 0.0613. The van der Waals surface area contributed by atoms with Crippen molar-refractivity contribution in [3.05, 3.63) is 82.3 Å². The van der Waals surface area contributed by atoms with E-state index in [1.807, 2.05) is 0 Å². The molecule has 11 heteroatoms. The lowest BCUT2D eigenvalue weighted by atomic mass is 9.95. The number of pyridine rings is 1. The molecule has 0 bridgehead atoms. The Morgan fingerprint density at radius 2 is 1.79 bits per heavy atom. The average molecular weight is 552 g/mol. The maximum absolute atomic E-state index is 13.7. The SMILES string of the molecule is CNc1ccc(-c2ccc(C(=O)N3CCC(C(=O)O)CC3)cc2C(F)(F)F)cn1.Cc1c(F)cccc1Cl. The van der Waals surface area contributed by atoms with Gasteiger partial charge in [-0.05, 0) is 61.7 Å². The number of halogens is 5. The van der Waals surface area contributed by atoms with Gasteiger partial charge in [-0.1, -0.05) is 23.7 Å². The number of carboxylic acids is 1. The lowest BCUT2D eigenvalue weighted by molar-refractivity contribution is -0.143. The summed E-state index contributed by atoms with van der Waals surface area (Å²) in [5.41, 5.74) is -0.247. The highest BCUT2D eigenvalue weighted by Crippen LogP contribution is 2.38. The molecule has 1 aliphatic heterocycles. The number of likely N-dealkylation sites (tertiary alicyclic amines) is 1. The van der Waals surface area contributed by atoms with E-state index in [9.17, 15) is 27.2 Å². The van der Waals surface area contributed by atoms with Gasteiger partial charge in [0, 0.05) is 48.0 Å². The Morgan fingerprint density at radius 1 is 1.11 bits per heavy atom. The minimum atomic E-state index is -4.65. The molecule has 1 amide bonds. The highest BCUT2D eigenvalue weighted by Gasteiger charge is 2.35. The van der Waals surface area contributed by atoms with Crippen LogP contribution in [0.2, 0.25) is 5.02 Å². The number of benzene rings is 2. The number of aliphatic carboxylic acids is 1. The summed E-state index contributed by atoms with van der Waals surface area (Å²) in [6, 6.07) is 11.2. The number of alkyl halides is 3. The van der Waals surface area contributed by atoms with Crippen molar-refractivity contribution in [2.45, 2.75) is 25.9 Å². The van der Waals surface area contributed by atoms with Crippen LogP contribution < -0.4 is 5.32 Å². The number of nitrogens with zero attached hydrogens (tertiary/aromatic N) is 2. The number of rotatable bonds is 4. The summed E-state index contributed by atoms with van der Waals surface area (Å²) in [5.74, 6) is -1.70. The van der Waals surface area contributed by atoms with Gasteiger partial charge in [-0.25, -0.2) is 9.37 Å². The van der Waals surface area contributed by atoms with Crippen molar-refractivity contribution in [1.82, 2.24) is 9.88 Å². The fourth-order valence-corrected chi connectivity index (χ4v) is 4.12. The highest BCUT2D eigenvalue weighted by atomic mass is 35.5. The Bertz CT molecular complexity index is 1270. The van der Waals surface area contributed by atoms with Gasteiger partial charge in [-0.15, -0.1) is 0 Å². The van der Waals surface area contributed by atoms with Gasteiger partial charge in [-0.3, -0.25) is 9.59 Å². The van der Waals surface area contributed by atoms with E-state index >= 15 is 0 Å². The van der Waals surface area contributed by atoms with E-state index in [0.717, 1.165) is 6.07 Å². The van der Waals surface area contributed by atoms with Crippen molar-refractivity contribution in [2.75, 3.05) is 25.5 Å². The summed E-state index contributed by atoms with van der Waals surface area (Å²) in [6.45, 7) is 2.06. The molecule has 0 atom stereocenters. The van der Waals surface area contributed by atoms with Gasteiger partial charge in [-0.2, -0.15) is 13.2 Å². The fraction of sp³-hybridized carbons (Fsp3) is 0.296.